The second kappa shape index (κ2) is 8.31. The number of ether oxygens (including phenoxy) is 2. The molecule has 1 aromatic heterocycles. The molecule has 3 aromatic rings. The molecule has 0 amide bonds. The quantitative estimate of drug-likeness (QED) is 0.426. The Morgan fingerprint density at radius 2 is 1.79 bits per heavy atom. The molecule has 0 aliphatic heterocycles. The van der Waals surface area contributed by atoms with Crippen LogP contribution >= 0.6 is 0 Å². The Labute approximate surface area is 169 Å². The zero-order valence-corrected chi connectivity index (χ0v) is 16.2. The van der Waals surface area contributed by atoms with Gasteiger partial charge in [-0.15, -0.1) is 0 Å². The van der Waals surface area contributed by atoms with Gasteiger partial charge in [0.15, 0.2) is 18.1 Å². The highest BCUT2D eigenvalue weighted by Gasteiger charge is 2.29. The molecular formula is C23H22N2O4. The molecule has 1 aliphatic rings. The molecule has 0 unspecified atom stereocenters. The average molecular weight is 390 g/mol. The number of para-hydroxylation sites is 1. The van der Waals surface area contributed by atoms with E-state index >= 15 is 0 Å². The zero-order valence-electron chi connectivity index (χ0n) is 16.2. The molecule has 0 saturated heterocycles. The number of benzene rings is 2. The summed E-state index contributed by atoms with van der Waals surface area (Å²) in [7, 11) is 0. The summed E-state index contributed by atoms with van der Waals surface area (Å²) < 4.78 is 12.3. The summed E-state index contributed by atoms with van der Waals surface area (Å²) in [5.74, 6) is 0.263. The van der Waals surface area contributed by atoms with Crippen molar-refractivity contribution in [1.82, 2.24) is 9.78 Å². The van der Waals surface area contributed by atoms with Crippen LogP contribution in [-0.2, 0) is 4.74 Å². The maximum absolute atomic E-state index is 12.7. The summed E-state index contributed by atoms with van der Waals surface area (Å²) in [5, 5.41) is 4.59. The molecule has 148 valence electrons. The maximum atomic E-state index is 12.7. The summed E-state index contributed by atoms with van der Waals surface area (Å²) in [6.07, 6.45) is 2.16. The summed E-state index contributed by atoms with van der Waals surface area (Å²) in [6, 6.07) is 18.0. The number of esters is 1. The van der Waals surface area contributed by atoms with Gasteiger partial charge in [-0.25, -0.2) is 9.48 Å². The summed E-state index contributed by atoms with van der Waals surface area (Å²) in [5.41, 5.74) is 2.47. The smallest absolute Gasteiger partial charge is 0.357 e. The molecule has 6 heteroatoms. The van der Waals surface area contributed by atoms with E-state index in [1.54, 1.807) is 35.0 Å². The lowest BCUT2D eigenvalue weighted by atomic mass is 10.1. The lowest BCUT2D eigenvalue weighted by Gasteiger charge is -2.08. The van der Waals surface area contributed by atoms with E-state index in [0.717, 1.165) is 24.2 Å². The fraction of sp³-hybridized carbons (Fsp3) is 0.261. The topological polar surface area (TPSA) is 70.4 Å². The first-order chi connectivity index (χ1) is 14.2. The van der Waals surface area contributed by atoms with E-state index in [1.165, 1.54) is 0 Å². The molecule has 29 heavy (non-hydrogen) atoms. The maximum Gasteiger partial charge on any atom is 0.357 e. The molecule has 0 spiro atoms. The number of hydrogen-bond donors (Lipinski definition) is 0. The van der Waals surface area contributed by atoms with Crippen molar-refractivity contribution in [2.24, 2.45) is 0 Å². The largest absolute Gasteiger partial charge is 0.494 e. The molecule has 1 saturated carbocycles. The van der Waals surface area contributed by atoms with Crippen LogP contribution in [0, 0.1) is 0 Å². The van der Waals surface area contributed by atoms with Gasteiger partial charge in [-0.3, -0.25) is 4.79 Å². The molecule has 1 heterocycles. The first-order valence-corrected chi connectivity index (χ1v) is 9.74. The minimum absolute atomic E-state index is 0.269. The number of ketones is 1. The Bertz CT molecular complexity index is 1010. The molecule has 0 atom stereocenters. The van der Waals surface area contributed by atoms with E-state index in [4.69, 9.17) is 9.47 Å². The van der Waals surface area contributed by atoms with Gasteiger partial charge in [-0.1, -0.05) is 18.2 Å². The Morgan fingerprint density at radius 1 is 1.07 bits per heavy atom. The fourth-order valence-electron chi connectivity index (χ4n) is 3.08. The first kappa shape index (κ1) is 18.9. The average Bonchev–Trinajstić information content (AvgIpc) is 3.51. The van der Waals surface area contributed by atoms with Gasteiger partial charge in [-0.2, -0.15) is 5.10 Å². The third-order valence-electron chi connectivity index (χ3n) is 4.76. The van der Waals surface area contributed by atoms with Crippen LogP contribution < -0.4 is 4.74 Å². The van der Waals surface area contributed by atoms with Crippen LogP contribution in [0.25, 0.3) is 5.69 Å². The standard InChI is InChI=1S/C23H22N2O4/c1-2-28-19-12-10-17(11-13-19)22(26)15-29-23(27)21-14-20(16-8-9-16)24-25(21)18-6-4-3-5-7-18/h3-7,10-14,16H,2,8-9,15H2,1H3. The highest BCUT2D eigenvalue weighted by molar-refractivity contribution is 5.99. The third-order valence-corrected chi connectivity index (χ3v) is 4.76. The van der Waals surface area contributed by atoms with Crippen molar-refractivity contribution in [3.63, 3.8) is 0 Å². The van der Waals surface area contributed by atoms with Crippen LogP contribution in [0.2, 0.25) is 0 Å². The van der Waals surface area contributed by atoms with Crippen molar-refractivity contribution in [3.05, 3.63) is 77.6 Å². The molecule has 4 rings (SSSR count). The monoisotopic (exact) mass is 390 g/mol. The molecule has 1 aliphatic carbocycles. The lowest BCUT2D eigenvalue weighted by Crippen LogP contribution is -2.17. The third kappa shape index (κ3) is 4.37. The van der Waals surface area contributed by atoms with Crippen molar-refractivity contribution in [2.45, 2.75) is 25.7 Å². The zero-order chi connectivity index (χ0) is 20.2. The molecule has 0 N–H and O–H groups in total. The van der Waals surface area contributed by atoms with E-state index in [1.807, 2.05) is 37.3 Å². The number of aromatic nitrogens is 2. The number of nitrogens with zero attached hydrogens (tertiary/aromatic N) is 2. The molecule has 0 bridgehead atoms. The second-order valence-corrected chi connectivity index (χ2v) is 6.93. The van der Waals surface area contributed by atoms with Crippen LogP contribution in [0.15, 0.2) is 60.7 Å². The van der Waals surface area contributed by atoms with Crippen molar-refractivity contribution >= 4 is 11.8 Å². The molecule has 6 nitrogen and oxygen atoms in total. The Hall–Kier alpha value is -3.41. The van der Waals surface area contributed by atoms with Crippen molar-refractivity contribution in [3.8, 4) is 11.4 Å². The van der Waals surface area contributed by atoms with Crippen molar-refractivity contribution in [1.29, 1.82) is 0 Å². The minimum Gasteiger partial charge on any atom is -0.494 e. The van der Waals surface area contributed by atoms with Crippen LogP contribution in [0.1, 0.15) is 52.2 Å². The number of rotatable bonds is 8. The predicted molar refractivity (Wildman–Crippen MR) is 108 cm³/mol. The van der Waals surface area contributed by atoms with Crippen molar-refractivity contribution in [2.75, 3.05) is 13.2 Å². The first-order valence-electron chi connectivity index (χ1n) is 9.74. The van der Waals surface area contributed by atoms with Gasteiger partial charge in [-0.05, 0) is 62.2 Å². The lowest BCUT2D eigenvalue weighted by molar-refractivity contribution is 0.0465. The summed E-state index contributed by atoms with van der Waals surface area (Å²) >= 11 is 0. The van der Waals surface area contributed by atoms with E-state index in [2.05, 4.69) is 5.10 Å². The number of hydrogen-bond acceptors (Lipinski definition) is 5. The van der Waals surface area contributed by atoms with E-state index in [0.29, 0.717) is 29.5 Å². The summed E-state index contributed by atoms with van der Waals surface area (Å²) in [4.78, 5) is 25.1. The predicted octanol–water partition coefficient (Wildman–Crippen LogP) is 4.19. The minimum atomic E-state index is -0.562. The number of Topliss-reactive ketones (excluding diaryl/α,β-unsaturated/α-hetero) is 1. The van der Waals surface area contributed by atoms with Gasteiger partial charge in [0.1, 0.15) is 5.75 Å². The SMILES string of the molecule is CCOc1ccc(C(=O)COC(=O)c2cc(C3CC3)nn2-c2ccccc2)cc1. The van der Waals surface area contributed by atoms with Gasteiger partial charge in [0, 0.05) is 11.5 Å². The van der Waals surface area contributed by atoms with E-state index in [-0.39, 0.29) is 12.4 Å². The van der Waals surface area contributed by atoms with Gasteiger partial charge < -0.3 is 9.47 Å². The van der Waals surface area contributed by atoms with Gasteiger partial charge in [0.25, 0.3) is 0 Å². The Balaban J connectivity index is 1.47. The van der Waals surface area contributed by atoms with E-state index < -0.39 is 5.97 Å². The second-order valence-electron chi connectivity index (χ2n) is 6.93. The fourth-order valence-corrected chi connectivity index (χ4v) is 3.08. The number of carbonyl (C=O) groups is 2. The van der Waals surface area contributed by atoms with Crippen LogP contribution in [0.4, 0.5) is 0 Å². The van der Waals surface area contributed by atoms with Crippen LogP contribution in [-0.4, -0.2) is 34.7 Å². The number of carbonyl (C=O) groups excluding carboxylic acids is 2. The molecular weight excluding hydrogens is 368 g/mol. The van der Waals surface area contributed by atoms with Crippen LogP contribution in [0.5, 0.6) is 5.75 Å². The van der Waals surface area contributed by atoms with Gasteiger partial charge >= 0.3 is 5.97 Å². The highest BCUT2D eigenvalue weighted by Crippen LogP contribution is 2.39. The Kier molecular flexibility index (Phi) is 5.42. The summed E-state index contributed by atoms with van der Waals surface area (Å²) in [6.45, 7) is 2.13. The Morgan fingerprint density at radius 3 is 2.45 bits per heavy atom. The molecule has 1 fully saturated rings. The normalized spacial score (nSPS) is 13.1. The van der Waals surface area contributed by atoms with E-state index in [9.17, 15) is 9.59 Å². The van der Waals surface area contributed by atoms with Gasteiger partial charge in [0.2, 0.25) is 0 Å². The van der Waals surface area contributed by atoms with Crippen LogP contribution in [0.3, 0.4) is 0 Å². The highest BCUT2D eigenvalue weighted by atomic mass is 16.5. The molecule has 0 radical (unpaired) electrons. The molecule has 2 aromatic carbocycles. The van der Waals surface area contributed by atoms with Crippen molar-refractivity contribution < 1.29 is 19.1 Å². The van der Waals surface area contributed by atoms with Gasteiger partial charge in [0.05, 0.1) is 18.0 Å².